The number of benzene rings is 7. The van der Waals surface area contributed by atoms with Gasteiger partial charge < -0.3 is 4.57 Å². The molecule has 0 amide bonds. The van der Waals surface area contributed by atoms with Crippen LogP contribution in [0.4, 0.5) is 0 Å². The van der Waals surface area contributed by atoms with Crippen molar-refractivity contribution in [3.63, 3.8) is 0 Å². The molecule has 4 aliphatic rings. The molecule has 4 nitrogen and oxygen atoms in total. The molecule has 4 saturated carbocycles. The summed E-state index contributed by atoms with van der Waals surface area (Å²) in [5.41, 5.74) is 13.2. The van der Waals surface area contributed by atoms with E-state index in [9.17, 15) is 0 Å². The maximum Gasteiger partial charge on any atom is 0.164 e. The van der Waals surface area contributed by atoms with E-state index in [4.69, 9.17) is 15.0 Å². The first-order valence-corrected chi connectivity index (χ1v) is 21.4. The van der Waals surface area contributed by atoms with Crippen LogP contribution < -0.4 is 0 Å². The molecule has 2 heterocycles. The average molecular weight is 761 g/mol. The van der Waals surface area contributed by atoms with Crippen LogP contribution in [0, 0.1) is 17.8 Å². The molecule has 0 atom stereocenters. The monoisotopic (exact) mass is 760 g/mol. The van der Waals surface area contributed by atoms with Gasteiger partial charge in [-0.15, -0.1) is 0 Å². The first-order valence-electron chi connectivity index (χ1n) is 21.4. The van der Waals surface area contributed by atoms with Crippen LogP contribution in [0.1, 0.15) is 44.1 Å². The van der Waals surface area contributed by atoms with Gasteiger partial charge in [0.05, 0.1) is 11.0 Å². The van der Waals surface area contributed by atoms with E-state index in [2.05, 4.69) is 144 Å². The van der Waals surface area contributed by atoms with Crippen molar-refractivity contribution >= 4 is 21.8 Å². The Bertz CT molecular complexity index is 2890. The Labute approximate surface area is 345 Å². The number of hydrogen-bond donors (Lipinski definition) is 0. The molecule has 0 N–H and O–H groups in total. The Balaban J connectivity index is 1.01. The van der Waals surface area contributed by atoms with Crippen LogP contribution in [0.5, 0.6) is 0 Å². The molecule has 4 aliphatic carbocycles. The minimum atomic E-state index is 0.384. The van der Waals surface area contributed by atoms with Crippen molar-refractivity contribution in [1.29, 1.82) is 0 Å². The molecule has 2 aromatic heterocycles. The van der Waals surface area contributed by atoms with Crippen molar-refractivity contribution in [2.75, 3.05) is 0 Å². The van der Waals surface area contributed by atoms with Gasteiger partial charge in [0, 0.05) is 38.7 Å². The summed E-state index contributed by atoms with van der Waals surface area (Å²) < 4.78 is 2.44. The van der Waals surface area contributed by atoms with Gasteiger partial charge in [-0.1, -0.05) is 146 Å². The van der Waals surface area contributed by atoms with Crippen LogP contribution in [0.3, 0.4) is 0 Å². The Hall–Kier alpha value is -6.65. The lowest BCUT2D eigenvalue weighted by Crippen LogP contribution is -2.48. The number of nitrogens with zero attached hydrogens (tertiary/aromatic N) is 4. The van der Waals surface area contributed by atoms with E-state index in [0.29, 0.717) is 22.9 Å². The summed E-state index contributed by atoms with van der Waals surface area (Å²) in [5.74, 6) is 4.77. The van der Waals surface area contributed by atoms with E-state index in [1.54, 1.807) is 5.56 Å². The predicted molar refractivity (Wildman–Crippen MR) is 241 cm³/mol. The highest BCUT2D eigenvalue weighted by Gasteiger charge is 2.51. The zero-order valence-electron chi connectivity index (χ0n) is 33.0. The highest BCUT2D eigenvalue weighted by Crippen LogP contribution is 2.60. The zero-order chi connectivity index (χ0) is 38.9. The third-order valence-corrected chi connectivity index (χ3v) is 13.8. The first kappa shape index (κ1) is 34.4. The fourth-order valence-electron chi connectivity index (χ4n) is 11.5. The molecule has 4 heteroatoms. The second-order valence-electron chi connectivity index (χ2n) is 17.5. The summed E-state index contributed by atoms with van der Waals surface area (Å²) in [4.78, 5) is 15.0. The molecular weight excluding hydrogens is 717 g/mol. The second-order valence-corrected chi connectivity index (χ2v) is 17.5. The summed E-state index contributed by atoms with van der Waals surface area (Å²) >= 11 is 0. The minimum absolute atomic E-state index is 0.384. The molecule has 4 fully saturated rings. The fourth-order valence-corrected chi connectivity index (χ4v) is 11.5. The molecular formula is C55H44N4. The van der Waals surface area contributed by atoms with Crippen LogP contribution in [-0.2, 0) is 5.41 Å². The molecule has 7 aromatic carbocycles. The highest BCUT2D eigenvalue weighted by molar-refractivity contribution is 6.15. The Kier molecular flexibility index (Phi) is 8.01. The molecule has 0 radical (unpaired) electrons. The number of para-hydroxylation sites is 2. The van der Waals surface area contributed by atoms with Crippen molar-refractivity contribution in [1.82, 2.24) is 19.5 Å². The van der Waals surface area contributed by atoms with E-state index in [0.717, 1.165) is 45.7 Å². The van der Waals surface area contributed by atoms with Crippen LogP contribution in [0.2, 0.25) is 0 Å². The third-order valence-electron chi connectivity index (χ3n) is 13.8. The van der Waals surface area contributed by atoms with Gasteiger partial charge in [0.15, 0.2) is 17.5 Å². The maximum atomic E-state index is 5.03. The molecule has 13 rings (SSSR count). The van der Waals surface area contributed by atoms with Gasteiger partial charge in [-0.05, 0) is 114 Å². The minimum Gasteiger partial charge on any atom is -0.309 e. The molecule has 0 unspecified atom stereocenters. The van der Waals surface area contributed by atoms with Crippen LogP contribution in [0.15, 0.2) is 176 Å². The van der Waals surface area contributed by atoms with Crippen LogP contribution >= 0.6 is 0 Å². The van der Waals surface area contributed by atoms with Crippen molar-refractivity contribution in [2.24, 2.45) is 17.8 Å². The number of aromatic nitrogens is 4. The van der Waals surface area contributed by atoms with Gasteiger partial charge in [0.25, 0.3) is 0 Å². The first-order chi connectivity index (χ1) is 29.1. The Morgan fingerprint density at radius 2 is 0.881 bits per heavy atom. The van der Waals surface area contributed by atoms with Crippen LogP contribution in [0.25, 0.3) is 83.9 Å². The SMILES string of the molecule is c1ccc(-c2nc(-c3ccccc3)nc(-c3ccc(-c4cc(-c5ccc(C67CC8CC(CC(C8)C6)C7)cc5)cc5c6ccccc6n(-c6ccccc6)c45)cc3)n2)cc1. The van der Waals surface area contributed by atoms with Gasteiger partial charge in [-0.2, -0.15) is 0 Å². The van der Waals surface area contributed by atoms with Gasteiger partial charge >= 0.3 is 0 Å². The molecule has 0 spiro atoms. The Morgan fingerprint density at radius 1 is 0.407 bits per heavy atom. The van der Waals surface area contributed by atoms with Crippen molar-refractivity contribution in [3.05, 3.63) is 181 Å². The third kappa shape index (κ3) is 5.92. The van der Waals surface area contributed by atoms with Gasteiger partial charge in [-0.3, -0.25) is 0 Å². The summed E-state index contributed by atoms with van der Waals surface area (Å²) in [7, 11) is 0. The molecule has 59 heavy (non-hydrogen) atoms. The second kappa shape index (κ2) is 13.7. The topological polar surface area (TPSA) is 43.6 Å². The number of rotatable bonds is 7. The largest absolute Gasteiger partial charge is 0.309 e. The highest BCUT2D eigenvalue weighted by atomic mass is 15.0. The summed E-state index contributed by atoms with van der Waals surface area (Å²) in [6.07, 6.45) is 8.56. The van der Waals surface area contributed by atoms with E-state index >= 15 is 0 Å². The number of fused-ring (bicyclic) bond motifs is 3. The lowest BCUT2D eigenvalue weighted by Gasteiger charge is -2.57. The summed E-state index contributed by atoms with van der Waals surface area (Å²) in [6, 6.07) is 63.4. The normalized spacial score (nSPS) is 20.7. The molecule has 4 bridgehead atoms. The lowest BCUT2D eigenvalue weighted by molar-refractivity contribution is -0.00518. The van der Waals surface area contributed by atoms with Crippen LogP contribution in [-0.4, -0.2) is 19.5 Å². The quantitative estimate of drug-likeness (QED) is 0.162. The molecule has 0 aliphatic heterocycles. The maximum absolute atomic E-state index is 5.03. The molecule has 284 valence electrons. The Morgan fingerprint density at radius 3 is 1.46 bits per heavy atom. The van der Waals surface area contributed by atoms with E-state index in [1.807, 2.05) is 36.4 Å². The van der Waals surface area contributed by atoms with E-state index in [1.165, 1.54) is 77.0 Å². The summed E-state index contributed by atoms with van der Waals surface area (Å²) in [5, 5.41) is 2.51. The zero-order valence-corrected chi connectivity index (χ0v) is 33.0. The van der Waals surface area contributed by atoms with Crippen molar-refractivity contribution in [2.45, 2.75) is 43.9 Å². The predicted octanol–water partition coefficient (Wildman–Crippen LogP) is 13.8. The smallest absolute Gasteiger partial charge is 0.164 e. The van der Waals surface area contributed by atoms with Crippen molar-refractivity contribution in [3.8, 4) is 62.1 Å². The summed E-state index contributed by atoms with van der Waals surface area (Å²) in [6.45, 7) is 0. The van der Waals surface area contributed by atoms with E-state index < -0.39 is 0 Å². The average Bonchev–Trinajstić information content (AvgIpc) is 3.63. The standard InChI is InChI=1S/C55H44N4/c1-4-12-41(13-5-1)52-56-53(42-14-6-2-7-15-42)58-54(57-52)43-22-20-40(21-23-43)48-31-44(32-49-47-18-10-11-19-50(47)59(51(48)49)46-16-8-3-9-17-46)39-24-26-45(27-25-39)55-33-36-28-37(34-55)30-38(29-36)35-55/h1-27,31-32,36-38H,28-30,33-35H2. The molecule has 0 saturated heterocycles. The van der Waals surface area contributed by atoms with Gasteiger partial charge in [-0.25, -0.2) is 15.0 Å². The van der Waals surface area contributed by atoms with Gasteiger partial charge in [0.2, 0.25) is 0 Å². The number of hydrogen-bond acceptors (Lipinski definition) is 3. The molecule has 9 aromatic rings. The van der Waals surface area contributed by atoms with Gasteiger partial charge in [0.1, 0.15) is 0 Å². The van der Waals surface area contributed by atoms with Crippen molar-refractivity contribution < 1.29 is 0 Å². The van der Waals surface area contributed by atoms with E-state index in [-0.39, 0.29) is 0 Å². The lowest BCUT2D eigenvalue weighted by atomic mass is 9.48. The fraction of sp³-hybridized carbons (Fsp3) is 0.182.